The Morgan fingerprint density at radius 3 is 2.42 bits per heavy atom. The van der Waals surface area contributed by atoms with E-state index in [1.807, 2.05) is 21.9 Å². The summed E-state index contributed by atoms with van der Waals surface area (Å²) < 4.78 is 0. The standard InChI is InChI=1S/C24H30N4O2S/c1-19-5-4-6-20(15-19)17-26-11-13-27(14-12-26)23(29)18-31-22-8-7-21(16-25-22)24(30)28-9-2-3-10-28/h4-8,15-16H,2-3,9-14,17-18H2,1H3. The van der Waals surface area contributed by atoms with Gasteiger partial charge >= 0.3 is 0 Å². The summed E-state index contributed by atoms with van der Waals surface area (Å²) in [5.41, 5.74) is 3.24. The highest BCUT2D eigenvalue weighted by Crippen LogP contribution is 2.19. The van der Waals surface area contributed by atoms with Gasteiger partial charge in [-0.15, -0.1) is 0 Å². The van der Waals surface area contributed by atoms with Gasteiger partial charge in [0.15, 0.2) is 0 Å². The van der Waals surface area contributed by atoms with Crippen LogP contribution in [0.3, 0.4) is 0 Å². The van der Waals surface area contributed by atoms with Crippen LogP contribution in [-0.2, 0) is 11.3 Å². The molecule has 2 saturated heterocycles. The second-order valence-electron chi connectivity index (χ2n) is 8.32. The predicted octanol–water partition coefficient (Wildman–Crippen LogP) is 3.06. The van der Waals surface area contributed by atoms with E-state index >= 15 is 0 Å². The molecule has 0 saturated carbocycles. The number of carbonyl (C=O) groups is 2. The quantitative estimate of drug-likeness (QED) is 0.649. The largest absolute Gasteiger partial charge is 0.339 e. The SMILES string of the molecule is Cc1cccc(CN2CCN(C(=O)CSc3ccc(C(=O)N4CCCC4)cn3)CC2)c1. The summed E-state index contributed by atoms with van der Waals surface area (Å²) >= 11 is 1.44. The average Bonchev–Trinajstić information content (AvgIpc) is 3.33. The smallest absolute Gasteiger partial charge is 0.255 e. The first-order valence-electron chi connectivity index (χ1n) is 11.0. The van der Waals surface area contributed by atoms with Gasteiger partial charge in [-0.25, -0.2) is 4.98 Å². The molecule has 1 aromatic heterocycles. The van der Waals surface area contributed by atoms with E-state index in [4.69, 9.17) is 0 Å². The van der Waals surface area contributed by atoms with E-state index in [0.717, 1.165) is 63.7 Å². The summed E-state index contributed by atoms with van der Waals surface area (Å²) in [6.07, 6.45) is 3.79. The van der Waals surface area contributed by atoms with E-state index in [1.54, 1.807) is 6.20 Å². The maximum Gasteiger partial charge on any atom is 0.255 e. The van der Waals surface area contributed by atoms with Crippen LogP contribution < -0.4 is 0 Å². The van der Waals surface area contributed by atoms with Crippen molar-refractivity contribution in [3.8, 4) is 0 Å². The third kappa shape index (κ3) is 5.86. The highest BCUT2D eigenvalue weighted by molar-refractivity contribution is 7.99. The first-order valence-corrected chi connectivity index (χ1v) is 12.0. The number of hydrogen-bond acceptors (Lipinski definition) is 5. The van der Waals surface area contributed by atoms with Gasteiger partial charge in [0.2, 0.25) is 5.91 Å². The van der Waals surface area contributed by atoms with Gasteiger partial charge in [-0.3, -0.25) is 14.5 Å². The number of benzene rings is 1. The topological polar surface area (TPSA) is 56.8 Å². The Morgan fingerprint density at radius 1 is 0.968 bits per heavy atom. The van der Waals surface area contributed by atoms with Crippen LogP contribution in [0.2, 0.25) is 0 Å². The second-order valence-corrected chi connectivity index (χ2v) is 9.31. The lowest BCUT2D eigenvalue weighted by molar-refractivity contribution is -0.130. The van der Waals surface area contributed by atoms with Gasteiger partial charge in [-0.1, -0.05) is 41.6 Å². The third-order valence-electron chi connectivity index (χ3n) is 5.93. The molecule has 2 amide bonds. The Kier molecular flexibility index (Phi) is 7.25. The molecule has 2 fully saturated rings. The summed E-state index contributed by atoms with van der Waals surface area (Å²) in [5.74, 6) is 0.588. The first-order chi connectivity index (χ1) is 15.1. The van der Waals surface area contributed by atoms with Crippen molar-refractivity contribution >= 4 is 23.6 Å². The highest BCUT2D eigenvalue weighted by atomic mass is 32.2. The van der Waals surface area contributed by atoms with Crippen LogP contribution in [-0.4, -0.2) is 76.5 Å². The van der Waals surface area contributed by atoms with Gasteiger partial charge in [0.1, 0.15) is 0 Å². The van der Waals surface area contributed by atoms with Crippen molar-refractivity contribution in [1.82, 2.24) is 19.7 Å². The van der Waals surface area contributed by atoms with Crippen molar-refractivity contribution in [2.45, 2.75) is 31.3 Å². The van der Waals surface area contributed by atoms with Gasteiger partial charge < -0.3 is 9.80 Å². The van der Waals surface area contributed by atoms with Crippen LogP contribution in [0.15, 0.2) is 47.6 Å². The van der Waals surface area contributed by atoms with E-state index < -0.39 is 0 Å². The zero-order chi connectivity index (χ0) is 21.6. The summed E-state index contributed by atoms with van der Waals surface area (Å²) in [6.45, 7) is 8.05. The molecule has 0 bridgehead atoms. The molecule has 4 rings (SSSR count). The molecule has 1 aromatic carbocycles. The maximum absolute atomic E-state index is 12.6. The monoisotopic (exact) mass is 438 g/mol. The molecule has 3 heterocycles. The van der Waals surface area contributed by atoms with Crippen molar-refractivity contribution in [2.75, 3.05) is 45.0 Å². The summed E-state index contributed by atoms with van der Waals surface area (Å²) in [7, 11) is 0. The molecule has 0 N–H and O–H groups in total. The van der Waals surface area contributed by atoms with Crippen LogP contribution in [0, 0.1) is 6.92 Å². The molecule has 164 valence electrons. The fraction of sp³-hybridized carbons (Fsp3) is 0.458. The van der Waals surface area contributed by atoms with Crippen molar-refractivity contribution < 1.29 is 9.59 Å². The summed E-state index contributed by atoms with van der Waals surface area (Å²) in [4.78, 5) is 35.7. The second kappa shape index (κ2) is 10.3. The molecular weight excluding hydrogens is 408 g/mol. The van der Waals surface area contributed by atoms with Gasteiger partial charge in [0.05, 0.1) is 16.3 Å². The minimum Gasteiger partial charge on any atom is -0.339 e. The molecule has 0 radical (unpaired) electrons. The number of piperazine rings is 1. The van der Waals surface area contributed by atoms with E-state index in [0.29, 0.717) is 11.3 Å². The fourth-order valence-corrected chi connectivity index (χ4v) is 4.89. The molecule has 7 heteroatoms. The van der Waals surface area contributed by atoms with Crippen LogP contribution in [0.25, 0.3) is 0 Å². The normalized spacial score (nSPS) is 17.2. The molecule has 2 aliphatic heterocycles. The number of aromatic nitrogens is 1. The number of rotatable bonds is 6. The van der Waals surface area contributed by atoms with E-state index in [-0.39, 0.29) is 11.8 Å². The van der Waals surface area contributed by atoms with Crippen LogP contribution in [0.4, 0.5) is 0 Å². The van der Waals surface area contributed by atoms with Crippen molar-refractivity contribution in [1.29, 1.82) is 0 Å². The Hall–Kier alpha value is -2.38. The number of pyridine rings is 1. The minimum absolute atomic E-state index is 0.0566. The molecule has 2 aromatic rings. The maximum atomic E-state index is 12.6. The lowest BCUT2D eigenvalue weighted by atomic mass is 10.1. The molecule has 0 spiro atoms. The van der Waals surface area contributed by atoms with Crippen LogP contribution >= 0.6 is 11.8 Å². The number of aryl methyl sites for hydroxylation is 1. The van der Waals surface area contributed by atoms with Crippen molar-refractivity contribution in [2.24, 2.45) is 0 Å². The van der Waals surface area contributed by atoms with E-state index in [9.17, 15) is 9.59 Å². The summed E-state index contributed by atoms with van der Waals surface area (Å²) in [6, 6.07) is 12.3. The van der Waals surface area contributed by atoms with E-state index in [1.165, 1.54) is 22.9 Å². The number of thioether (sulfide) groups is 1. The Morgan fingerprint density at radius 2 is 1.74 bits per heavy atom. The van der Waals surface area contributed by atoms with Gasteiger partial charge in [0.25, 0.3) is 5.91 Å². The number of carbonyl (C=O) groups excluding carboxylic acids is 2. The zero-order valence-electron chi connectivity index (χ0n) is 18.1. The van der Waals surface area contributed by atoms with Crippen LogP contribution in [0.1, 0.15) is 34.3 Å². The summed E-state index contributed by atoms with van der Waals surface area (Å²) in [5, 5.41) is 0.782. The van der Waals surface area contributed by atoms with Gasteiger partial charge in [0, 0.05) is 52.0 Å². The number of likely N-dealkylation sites (tertiary alicyclic amines) is 1. The van der Waals surface area contributed by atoms with Crippen LogP contribution in [0.5, 0.6) is 0 Å². The first kappa shape index (κ1) is 21.8. The molecule has 0 unspecified atom stereocenters. The Labute approximate surface area is 188 Å². The number of amides is 2. The number of hydrogen-bond donors (Lipinski definition) is 0. The lowest BCUT2D eigenvalue weighted by Crippen LogP contribution is -2.48. The van der Waals surface area contributed by atoms with Gasteiger partial charge in [-0.2, -0.15) is 0 Å². The highest BCUT2D eigenvalue weighted by Gasteiger charge is 2.22. The van der Waals surface area contributed by atoms with Crippen molar-refractivity contribution in [3.63, 3.8) is 0 Å². The molecule has 31 heavy (non-hydrogen) atoms. The van der Waals surface area contributed by atoms with Crippen molar-refractivity contribution in [3.05, 3.63) is 59.3 Å². The van der Waals surface area contributed by atoms with Gasteiger partial charge in [-0.05, 0) is 37.5 Å². The zero-order valence-corrected chi connectivity index (χ0v) is 18.9. The molecule has 2 aliphatic rings. The third-order valence-corrected chi connectivity index (χ3v) is 6.86. The van der Waals surface area contributed by atoms with E-state index in [2.05, 4.69) is 41.1 Å². The minimum atomic E-state index is 0.0566. The molecule has 6 nitrogen and oxygen atoms in total. The molecular formula is C24H30N4O2S. The average molecular weight is 439 g/mol. The Balaban J connectivity index is 1.21. The lowest BCUT2D eigenvalue weighted by Gasteiger charge is -2.34. The predicted molar refractivity (Wildman–Crippen MR) is 123 cm³/mol. The Bertz CT molecular complexity index is 904. The fourth-order valence-electron chi connectivity index (χ4n) is 4.15. The molecule has 0 aliphatic carbocycles. The number of nitrogens with zero attached hydrogens (tertiary/aromatic N) is 4. The molecule has 0 atom stereocenters.